The van der Waals surface area contributed by atoms with Gasteiger partial charge in [-0.3, -0.25) is 23.4 Å². The van der Waals surface area contributed by atoms with E-state index in [0.29, 0.717) is 12.8 Å². The lowest BCUT2D eigenvalue weighted by Crippen LogP contribution is -2.34. The van der Waals surface area contributed by atoms with Crippen molar-refractivity contribution >= 4 is 25.7 Å². The van der Waals surface area contributed by atoms with Crippen molar-refractivity contribution in [3.8, 4) is 0 Å². The van der Waals surface area contributed by atoms with Gasteiger partial charge in [0.1, 0.15) is 12.6 Å². The van der Waals surface area contributed by atoms with E-state index in [-0.39, 0.29) is 19.4 Å². The van der Waals surface area contributed by atoms with Gasteiger partial charge in [0.15, 0.2) is 6.10 Å². The zero-order valence-electron chi connectivity index (χ0n) is 28.4. The van der Waals surface area contributed by atoms with Crippen molar-refractivity contribution in [2.24, 2.45) is 5.73 Å². The number of esters is 2. The number of ether oxygens (including phenoxy) is 2. The molecule has 0 amide bonds. The van der Waals surface area contributed by atoms with Crippen molar-refractivity contribution in [3.05, 3.63) is 24.3 Å². The second-order valence-corrected chi connectivity index (χ2v) is 13.1. The summed E-state index contributed by atoms with van der Waals surface area (Å²) in [5.74, 6) is -2.41. The highest BCUT2D eigenvalue weighted by molar-refractivity contribution is 7.47. The zero-order chi connectivity index (χ0) is 34.3. The largest absolute Gasteiger partial charge is 0.480 e. The van der Waals surface area contributed by atoms with Gasteiger partial charge in [0, 0.05) is 12.8 Å². The number of carbonyl (C=O) groups is 3. The molecule has 0 rings (SSSR count). The van der Waals surface area contributed by atoms with Crippen LogP contribution in [0.5, 0.6) is 0 Å². The highest BCUT2D eigenvalue weighted by Crippen LogP contribution is 2.43. The summed E-state index contributed by atoms with van der Waals surface area (Å²) < 4.78 is 32.3. The van der Waals surface area contributed by atoms with E-state index < -0.39 is 51.1 Å². The molecule has 0 heterocycles. The van der Waals surface area contributed by atoms with Gasteiger partial charge in [-0.15, -0.1) is 0 Å². The molecule has 0 spiro atoms. The van der Waals surface area contributed by atoms with E-state index in [1.165, 1.54) is 38.5 Å². The molecule has 0 saturated heterocycles. The Morgan fingerprint density at radius 2 is 1.15 bits per heavy atom. The number of hydrogen-bond acceptors (Lipinski definition) is 9. The molecule has 0 aliphatic rings. The molecule has 1 unspecified atom stereocenters. The number of carboxylic acids is 1. The van der Waals surface area contributed by atoms with Gasteiger partial charge >= 0.3 is 25.7 Å². The van der Waals surface area contributed by atoms with Crippen LogP contribution in [-0.4, -0.2) is 59.9 Å². The first kappa shape index (κ1) is 44.0. The van der Waals surface area contributed by atoms with Crippen LogP contribution >= 0.6 is 7.82 Å². The molecule has 0 bridgehead atoms. The fourth-order valence-corrected chi connectivity index (χ4v) is 5.16. The number of carbonyl (C=O) groups excluding carboxylic acids is 2. The van der Waals surface area contributed by atoms with Crippen LogP contribution in [0.3, 0.4) is 0 Å². The molecule has 0 radical (unpaired) electrons. The van der Waals surface area contributed by atoms with Crippen LogP contribution in [0.2, 0.25) is 0 Å². The zero-order valence-corrected chi connectivity index (χ0v) is 29.3. The second kappa shape index (κ2) is 30.3. The number of phosphoric ester groups is 1. The van der Waals surface area contributed by atoms with Gasteiger partial charge in [0.25, 0.3) is 0 Å². The predicted octanol–water partition coefficient (Wildman–Crippen LogP) is 7.94. The molecule has 268 valence electrons. The van der Waals surface area contributed by atoms with Crippen LogP contribution in [0.15, 0.2) is 24.3 Å². The number of aliphatic carboxylic acids is 1. The molecule has 3 atom stereocenters. The van der Waals surface area contributed by atoms with Crippen LogP contribution in [-0.2, 0) is 37.5 Å². The second-order valence-electron chi connectivity index (χ2n) is 11.7. The maximum Gasteiger partial charge on any atom is 0.472 e. The molecule has 46 heavy (non-hydrogen) atoms. The standard InChI is InChI=1S/C34H62NO10P/c1-3-5-7-9-11-12-13-14-15-16-17-18-20-22-24-26-33(37)45-30(28-43-46(40,41)44-29-31(35)34(38)39)27-42-32(36)25-23-21-19-10-8-6-4-2/h11-12,14-15,30-31H,3-10,13,16-29,35H2,1-2H3,(H,38,39)(H,40,41)/b12-11+,15-14+/t30-,31-/m0/s1. The first-order chi connectivity index (χ1) is 22.1. The van der Waals surface area contributed by atoms with Crippen molar-refractivity contribution in [2.75, 3.05) is 19.8 Å². The average Bonchev–Trinajstić information content (AvgIpc) is 3.02. The number of allylic oxidation sites excluding steroid dienone is 4. The van der Waals surface area contributed by atoms with E-state index >= 15 is 0 Å². The normalized spacial score (nSPS) is 14.3. The topological polar surface area (TPSA) is 172 Å². The van der Waals surface area contributed by atoms with Gasteiger partial charge in [-0.2, -0.15) is 0 Å². The third kappa shape index (κ3) is 29.4. The highest BCUT2D eigenvalue weighted by Gasteiger charge is 2.28. The minimum absolute atomic E-state index is 0.147. The van der Waals surface area contributed by atoms with E-state index in [0.717, 1.165) is 64.2 Å². The highest BCUT2D eigenvalue weighted by atomic mass is 31.2. The van der Waals surface area contributed by atoms with Crippen molar-refractivity contribution in [3.63, 3.8) is 0 Å². The van der Waals surface area contributed by atoms with Crippen molar-refractivity contribution in [1.82, 2.24) is 0 Å². The maximum atomic E-state index is 12.5. The van der Waals surface area contributed by atoms with Gasteiger partial charge in [0.2, 0.25) is 0 Å². The van der Waals surface area contributed by atoms with Crippen LogP contribution in [0.1, 0.15) is 142 Å². The third-order valence-corrected chi connectivity index (χ3v) is 8.15. The minimum atomic E-state index is -4.70. The molecule has 12 heteroatoms. The molecule has 11 nitrogen and oxygen atoms in total. The first-order valence-corrected chi connectivity index (χ1v) is 18.9. The Bertz CT molecular complexity index is 895. The van der Waals surface area contributed by atoms with Crippen LogP contribution in [0, 0.1) is 0 Å². The lowest BCUT2D eigenvalue weighted by Gasteiger charge is -2.20. The monoisotopic (exact) mass is 675 g/mol. The van der Waals surface area contributed by atoms with E-state index in [9.17, 15) is 23.8 Å². The van der Waals surface area contributed by atoms with Crippen LogP contribution in [0.4, 0.5) is 0 Å². The Balaban J connectivity index is 4.48. The van der Waals surface area contributed by atoms with Crippen LogP contribution < -0.4 is 5.73 Å². The molecular weight excluding hydrogens is 613 g/mol. The van der Waals surface area contributed by atoms with E-state index in [4.69, 9.17) is 24.8 Å². The Morgan fingerprint density at radius 3 is 1.74 bits per heavy atom. The summed E-state index contributed by atoms with van der Waals surface area (Å²) in [5, 5.41) is 8.82. The minimum Gasteiger partial charge on any atom is -0.480 e. The third-order valence-electron chi connectivity index (χ3n) is 7.20. The molecule has 0 aromatic rings. The number of hydrogen-bond donors (Lipinski definition) is 3. The summed E-state index contributed by atoms with van der Waals surface area (Å²) in [4.78, 5) is 45.4. The number of carboxylic acid groups (broad SMARTS) is 1. The van der Waals surface area contributed by atoms with Gasteiger partial charge in [0.05, 0.1) is 13.2 Å². The van der Waals surface area contributed by atoms with Crippen LogP contribution in [0.25, 0.3) is 0 Å². The predicted molar refractivity (Wildman–Crippen MR) is 180 cm³/mol. The molecule has 0 aromatic carbocycles. The summed E-state index contributed by atoms with van der Waals surface area (Å²) in [5.41, 5.74) is 5.29. The van der Waals surface area contributed by atoms with Crippen molar-refractivity contribution < 1.29 is 47.5 Å². The quantitative estimate of drug-likeness (QED) is 0.0273. The summed E-state index contributed by atoms with van der Waals surface area (Å²) >= 11 is 0. The summed E-state index contributed by atoms with van der Waals surface area (Å²) in [6.45, 7) is 2.67. The van der Waals surface area contributed by atoms with Gasteiger partial charge in [-0.25, -0.2) is 4.57 Å². The van der Waals surface area contributed by atoms with E-state index in [1.807, 2.05) is 0 Å². The van der Waals surface area contributed by atoms with Gasteiger partial charge in [-0.05, 0) is 44.9 Å². The number of rotatable bonds is 32. The van der Waals surface area contributed by atoms with Gasteiger partial charge < -0.3 is 25.2 Å². The van der Waals surface area contributed by atoms with Crippen molar-refractivity contribution in [1.29, 1.82) is 0 Å². The molecule has 4 N–H and O–H groups in total. The fourth-order valence-electron chi connectivity index (χ4n) is 4.39. The summed E-state index contributed by atoms with van der Waals surface area (Å²) in [7, 11) is -4.70. The first-order valence-electron chi connectivity index (χ1n) is 17.4. The molecule has 0 saturated carbocycles. The average molecular weight is 676 g/mol. The van der Waals surface area contributed by atoms with E-state index in [1.54, 1.807) is 0 Å². The SMILES string of the molecule is CCCCC/C=C/C/C=C/CCCCCCCC(=O)O[C@@H](COC(=O)CCCCCCCCC)COP(=O)(O)OC[C@H](N)C(=O)O. The fraction of sp³-hybridized carbons (Fsp3) is 0.794. The Hall–Kier alpha value is -2.04. The molecule has 0 aliphatic carbocycles. The maximum absolute atomic E-state index is 12.5. The van der Waals surface area contributed by atoms with E-state index in [2.05, 4.69) is 42.7 Å². The molecule has 0 aliphatic heterocycles. The van der Waals surface area contributed by atoms with Crippen molar-refractivity contribution in [2.45, 2.75) is 154 Å². The summed E-state index contributed by atoms with van der Waals surface area (Å²) in [6.07, 6.45) is 27.0. The van der Waals surface area contributed by atoms with Gasteiger partial charge in [-0.1, -0.05) is 109 Å². The Morgan fingerprint density at radius 1 is 0.674 bits per heavy atom. The molecule has 0 aromatic heterocycles. The Kier molecular flexibility index (Phi) is 29.0. The lowest BCUT2D eigenvalue weighted by atomic mass is 10.1. The molecule has 0 fully saturated rings. The summed E-state index contributed by atoms with van der Waals surface area (Å²) in [6, 6.07) is -1.52. The smallest absolute Gasteiger partial charge is 0.472 e. The number of nitrogens with two attached hydrogens (primary N) is 1. The Labute approximate surface area is 277 Å². The number of unbranched alkanes of at least 4 members (excludes halogenated alkanes) is 14. The number of phosphoric acid groups is 1. The molecular formula is C34H62NO10P. The lowest BCUT2D eigenvalue weighted by molar-refractivity contribution is -0.161.